The molecule has 2 aliphatic rings. The van der Waals surface area contributed by atoms with E-state index in [-0.39, 0.29) is 12.5 Å². The van der Waals surface area contributed by atoms with E-state index in [9.17, 15) is 13.6 Å². The summed E-state index contributed by atoms with van der Waals surface area (Å²) in [6, 6.07) is 4.21. The maximum atomic E-state index is 13.9. The number of halogens is 2. The van der Waals surface area contributed by atoms with Crippen molar-refractivity contribution in [3.63, 3.8) is 0 Å². The third-order valence-electron chi connectivity index (χ3n) is 4.75. The maximum Gasteiger partial charge on any atom is 0.255 e. The van der Waals surface area contributed by atoms with Crippen LogP contribution >= 0.6 is 0 Å². The third kappa shape index (κ3) is 3.23. The summed E-state index contributed by atoms with van der Waals surface area (Å²) < 4.78 is 33.1. The molecule has 0 radical (unpaired) electrons. The largest absolute Gasteiger partial charge is 0.362 e. The fraction of sp³-hybridized carbons (Fsp3) is 0.588. The second-order valence-electron chi connectivity index (χ2n) is 6.45. The number of hydrogen-bond acceptors (Lipinski definition) is 3. The average molecular weight is 324 g/mol. The normalized spacial score (nSPS) is 26.6. The Balaban J connectivity index is 1.77. The molecule has 0 aromatic heterocycles. The summed E-state index contributed by atoms with van der Waals surface area (Å²) in [5.74, 6) is -1.65. The number of benzene rings is 1. The number of likely N-dealkylation sites (N-methyl/N-ethyl adjacent to an activating group) is 1. The molecule has 0 N–H and O–H groups in total. The summed E-state index contributed by atoms with van der Waals surface area (Å²) in [5.41, 5.74) is -0.524. The second kappa shape index (κ2) is 6.53. The Hall–Kier alpha value is -1.53. The van der Waals surface area contributed by atoms with Gasteiger partial charge in [0.25, 0.3) is 5.91 Å². The van der Waals surface area contributed by atoms with Crippen LogP contribution in [0.1, 0.15) is 24.8 Å². The van der Waals surface area contributed by atoms with E-state index in [1.807, 2.05) is 4.90 Å². The highest BCUT2D eigenvalue weighted by Crippen LogP contribution is 2.30. The van der Waals surface area contributed by atoms with Gasteiger partial charge in [-0.25, -0.2) is 8.78 Å². The minimum absolute atomic E-state index is 0.000542. The first kappa shape index (κ1) is 16.3. The van der Waals surface area contributed by atoms with Gasteiger partial charge in [-0.2, -0.15) is 0 Å². The third-order valence-corrected chi connectivity index (χ3v) is 4.75. The second-order valence-corrected chi connectivity index (χ2v) is 6.45. The van der Waals surface area contributed by atoms with Crippen LogP contribution < -0.4 is 0 Å². The number of amides is 1. The molecule has 6 heteroatoms. The van der Waals surface area contributed by atoms with E-state index >= 15 is 0 Å². The molecule has 1 spiro atoms. The zero-order valence-electron chi connectivity index (χ0n) is 13.4. The van der Waals surface area contributed by atoms with Crippen LogP contribution in [0.3, 0.4) is 0 Å². The lowest BCUT2D eigenvalue weighted by molar-refractivity contribution is -0.169. The van der Waals surface area contributed by atoms with Gasteiger partial charge in [0, 0.05) is 38.8 Å². The van der Waals surface area contributed by atoms with Crippen molar-refractivity contribution in [1.82, 2.24) is 9.80 Å². The van der Waals surface area contributed by atoms with Crippen molar-refractivity contribution in [2.45, 2.75) is 31.4 Å². The van der Waals surface area contributed by atoms with Gasteiger partial charge in [0.2, 0.25) is 0 Å². The van der Waals surface area contributed by atoms with Crippen LogP contribution in [0.4, 0.5) is 8.78 Å². The van der Waals surface area contributed by atoms with Crippen molar-refractivity contribution in [3.05, 3.63) is 35.4 Å². The van der Waals surface area contributed by atoms with E-state index in [1.54, 1.807) is 18.0 Å². The van der Waals surface area contributed by atoms with Crippen molar-refractivity contribution >= 4 is 5.91 Å². The molecule has 1 amide bonds. The number of ether oxygens (including phenoxy) is 1. The SMILES string of the molecule is CN1CCCCC2(CN(Cc3cccc(F)c3F)CCO2)C1=O. The standard InChI is InChI=1S/C17H22F2N2O2/c1-20-8-3-2-7-17(16(20)22)12-21(9-10-23-17)11-13-5-4-6-14(18)15(13)19/h4-6H,2-3,7-12H2,1H3. The molecule has 0 aliphatic carbocycles. The molecule has 0 bridgehead atoms. The van der Waals surface area contributed by atoms with Crippen LogP contribution in [0.5, 0.6) is 0 Å². The summed E-state index contributed by atoms with van der Waals surface area (Å²) >= 11 is 0. The van der Waals surface area contributed by atoms with Gasteiger partial charge in [0.1, 0.15) is 0 Å². The molecule has 2 saturated heterocycles. The molecule has 1 aromatic carbocycles. The van der Waals surface area contributed by atoms with Gasteiger partial charge in [-0.05, 0) is 25.3 Å². The highest BCUT2D eigenvalue weighted by atomic mass is 19.2. The van der Waals surface area contributed by atoms with Gasteiger partial charge in [-0.1, -0.05) is 12.1 Å². The predicted octanol–water partition coefficient (Wildman–Crippen LogP) is 2.18. The fourth-order valence-corrected chi connectivity index (χ4v) is 3.50. The molecule has 0 saturated carbocycles. The molecular weight excluding hydrogens is 302 g/mol. The van der Waals surface area contributed by atoms with E-state index in [0.717, 1.165) is 25.5 Å². The van der Waals surface area contributed by atoms with Crippen LogP contribution in [0.25, 0.3) is 0 Å². The minimum atomic E-state index is -0.840. The Labute approximate surface area is 135 Å². The Morgan fingerprint density at radius 1 is 1.26 bits per heavy atom. The number of rotatable bonds is 2. The lowest BCUT2D eigenvalue weighted by atomic mass is 9.94. The number of carbonyl (C=O) groups excluding carboxylic acids is 1. The molecule has 1 aromatic rings. The number of carbonyl (C=O) groups is 1. The van der Waals surface area contributed by atoms with Crippen molar-refractivity contribution in [2.24, 2.45) is 0 Å². The van der Waals surface area contributed by atoms with E-state index in [4.69, 9.17) is 4.74 Å². The summed E-state index contributed by atoms with van der Waals surface area (Å²) in [5, 5.41) is 0. The average Bonchev–Trinajstić information content (AvgIpc) is 2.67. The quantitative estimate of drug-likeness (QED) is 0.836. The van der Waals surface area contributed by atoms with Crippen molar-refractivity contribution < 1.29 is 18.3 Å². The molecule has 1 unspecified atom stereocenters. The van der Waals surface area contributed by atoms with Crippen LogP contribution in [-0.2, 0) is 16.1 Å². The Kier molecular flexibility index (Phi) is 4.64. The first-order valence-electron chi connectivity index (χ1n) is 8.07. The smallest absolute Gasteiger partial charge is 0.255 e. The summed E-state index contributed by atoms with van der Waals surface area (Å²) in [6.07, 6.45) is 2.57. The molecule has 2 aliphatic heterocycles. The summed E-state index contributed by atoms with van der Waals surface area (Å²) in [4.78, 5) is 16.4. The molecule has 4 nitrogen and oxygen atoms in total. The van der Waals surface area contributed by atoms with Crippen molar-refractivity contribution in [2.75, 3.05) is 33.3 Å². The first-order valence-corrected chi connectivity index (χ1v) is 8.07. The first-order chi connectivity index (χ1) is 11.0. The summed E-state index contributed by atoms with van der Waals surface area (Å²) in [6.45, 7) is 2.48. The molecule has 3 rings (SSSR count). The van der Waals surface area contributed by atoms with E-state index in [1.165, 1.54) is 6.07 Å². The molecule has 2 heterocycles. The fourth-order valence-electron chi connectivity index (χ4n) is 3.50. The number of hydrogen-bond donors (Lipinski definition) is 0. The Morgan fingerprint density at radius 3 is 2.91 bits per heavy atom. The molecule has 1 atom stereocenters. The van der Waals surface area contributed by atoms with Gasteiger partial charge in [0.15, 0.2) is 17.2 Å². The molecule has 2 fully saturated rings. The van der Waals surface area contributed by atoms with Crippen molar-refractivity contribution in [3.8, 4) is 0 Å². The van der Waals surface area contributed by atoms with Gasteiger partial charge in [-0.3, -0.25) is 9.69 Å². The van der Waals surface area contributed by atoms with Gasteiger partial charge >= 0.3 is 0 Å². The molecular formula is C17H22F2N2O2. The van der Waals surface area contributed by atoms with Gasteiger partial charge in [0.05, 0.1) is 6.61 Å². The lowest BCUT2D eigenvalue weighted by Crippen LogP contribution is -2.59. The van der Waals surface area contributed by atoms with Crippen LogP contribution in [-0.4, -0.2) is 54.6 Å². The van der Waals surface area contributed by atoms with E-state index in [2.05, 4.69) is 0 Å². The van der Waals surface area contributed by atoms with E-state index in [0.29, 0.717) is 31.7 Å². The van der Waals surface area contributed by atoms with Crippen LogP contribution in [0.2, 0.25) is 0 Å². The topological polar surface area (TPSA) is 32.8 Å². The molecule has 126 valence electrons. The lowest BCUT2D eigenvalue weighted by Gasteiger charge is -2.42. The van der Waals surface area contributed by atoms with E-state index < -0.39 is 17.2 Å². The minimum Gasteiger partial charge on any atom is -0.362 e. The van der Waals surface area contributed by atoms with Crippen LogP contribution in [0.15, 0.2) is 18.2 Å². The zero-order valence-corrected chi connectivity index (χ0v) is 13.4. The predicted molar refractivity (Wildman–Crippen MR) is 81.8 cm³/mol. The Morgan fingerprint density at radius 2 is 2.09 bits per heavy atom. The summed E-state index contributed by atoms with van der Waals surface area (Å²) in [7, 11) is 1.80. The monoisotopic (exact) mass is 324 g/mol. The number of likely N-dealkylation sites (tertiary alicyclic amines) is 1. The zero-order chi connectivity index (χ0) is 16.4. The van der Waals surface area contributed by atoms with Crippen LogP contribution in [0, 0.1) is 11.6 Å². The highest BCUT2D eigenvalue weighted by molar-refractivity contribution is 5.85. The van der Waals surface area contributed by atoms with Gasteiger partial charge in [-0.15, -0.1) is 0 Å². The Bertz CT molecular complexity index is 596. The maximum absolute atomic E-state index is 13.9. The van der Waals surface area contributed by atoms with Gasteiger partial charge < -0.3 is 9.64 Å². The number of nitrogens with zero attached hydrogens (tertiary/aromatic N) is 2. The highest BCUT2D eigenvalue weighted by Gasteiger charge is 2.45. The number of morpholine rings is 1. The molecule has 23 heavy (non-hydrogen) atoms. The van der Waals surface area contributed by atoms with Crippen molar-refractivity contribution in [1.29, 1.82) is 0 Å².